The largest absolute Gasteiger partial charge is 0.573 e. The van der Waals surface area contributed by atoms with Crippen LogP contribution in [0.25, 0.3) is 0 Å². The highest BCUT2D eigenvalue weighted by Crippen LogP contribution is 2.25. The van der Waals surface area contributed by atoms with Crippen LogP contribution in [0.15, 0.2) is 48.8 Å². The molecule has 1 saturated heterocycles. The Morgan fingerprint density at radius 2 is 1.86 bits per heavy atom. The minimum Gasteiger partial charge on any atom is -0.406 e. The van der Waals surface area contributed by atoms with E-state index < -0.39 is 12.3 Å². The number of nitrogens with zero attached hydrogens (tertiary/aromatic N) is 4. The monoisotopic (exact) mass is 502 g/mol. The van der Waals surface area contributed by atoms with Gasteiger partial charge >= 0.3 is 6.36 Å². The van der Waals surface area contributed by atoms with E-state index in [9.17, 15) is 18.0 Å². The molecular formula is C24H25F3N6O3. The van der Waals surface area contributed by atoms with Gasteiger partial charge in [-0.2, -0.15) is 4.98 Å². The van der Waals surface area contributed by atoms with E-state index in [2.05, 4.69) is 25.0 Å². The van der Waals surface area contributed by atoms with Gasteiger partial charge in [0.2, 0.25) is 17.8 Å². The highest BCUT2D eigenvalue weighted by molar-refractivity contribution is 5.95. The average molecular weight is 502 g/mol. The Kier molecular flexibility index (Phi) is 7.53. The Morgan fingerprint density at radius 1 is 1.14 bits per heavy atom. The molecule has 1 fully saturated rings. The van der Waals surface area contributed by atoms with Gasteiger partial charge in [0.1, 0.15) is 12.1 Å². The predicted molar refractivity (Wildman–Crippen MR) is 126 cm³/mol. The molecule has 9 nitrogen and oxygen atoms in total. The Morgan fingerprint density at radius 3 is 2.53 bits per heavy atom. The normalized spacial score (nSPS) is 14.5. The number of piperidine rings is 1. The van der Waals surface area contributed by atoms with Gasteiger partial charge in [-0.25, -0.2) is 9.97 Å². The lowest BCUT2D eigenvalue weighted by molar-refractivity contribution is -0.274. The van der Waals surface area contributed by atoms with Crippen LogP contribution in [0.1, 0.15) is 34.3 Å². The quantitative estimate of drug-likeness (QED) is 0.473. The van der Waals surface area contributed by atoms with Gasteiger partial charge in [0.05, 0.1) is 12.7 Å². The van der Waals surface area contributed by atoms with Gasteiger partial charge in [-0.05, 0) is 55.2 Å². The molecule has 0 spiro atoms. The maximum absolute atomic E-state index is 12.3. The molecule has 0 unspecified atom stereocenters. The van der Waals surface area contributed by atoms with Crippen LogP contribution in [0.5, 0.6) is 5.75 Å². The summed E-state index contributed by atoms with van der Waals surface area (Å²) in [5, 5.41) is 3.12. The molecule has 0 bridgehead atoms. The van der Waals surface area contributed by atoms with Crippen molar-refractivity contribution < 1.29 is 27.4 Å². The molecule has 1 amide bonds. The average Bonchev–Trinajstić information content (AvgIpc) is 2.84. The van der Waals surface area contributed by atoms with Gasteiger partial charge in [0.25, 0.3) is 0 Å². The zero-order valence-electron chi connectivity index (χ0n) is 19.5. The third-order valence-corrected chi connectivity index (χ3v) is 5.77. The van der Waals surface area contributed by atoms with Crippen molar-refractivity contribution in [3.63, 3.8) is 0 Å². The van der Waals surface area contributed by atoms with Gasteiger partial charge in [0.15, 0.2) is 0 Å². The van der Waals surface area contributed by atoms with Gasteiger partial charge in [-0.1, -0.05) is 18.2 Å². The summed E-state index contributed by atoms with van der Waals surface area (Å²) in [7, 11) is 0. The number of halogens is 3. The number of alkyl halides is 3. The topological polar surface area (TPSA) is 115 Å². The van der Waals surface area contributed by atoms with Crippen molar-refractivity contribution >= 4 is 23.5 Å². The van der Waals surface area contributed by atoms with E-state index in [1.54, 1.807) is 31.2 Å². The number of nitrogens with one attached hydrogen (secondary N) is 1. The minimum absolute atomic E-state index is 0.00553. The van der Waals surface area contributed by atoms with Gasteiger partial charge in [-0.3, -0.25) is 4.79 Å². The van der Waals surface area contributed by atoms with Crippen molar-refractivity contribution in [2.24, 2.45) is 5.73 Å². The molecular weight excluding hydrogens is 477 g/mol. The Labute approximate surface area is 205 Å². The fraction of sp³-hybridized carbons (Fsp3) is 0.333. The van der Waals surface area contributed by atoms with E-state index in [0.29, 0.717) is 48.4 Å². The standard InChI is InChI=1S/C24H25F3N6O3/c1-15-19(21(28)34)3-2-4-20(15)31-22-29-14-30-23(32-22)33-11-9-17(10-12-33)35-13-16-5-7-18(8-6-16)36-24(25,26)27/h2-8,14,17H,9-13H2,1H3,(H2,28,34)(H,29,30,31,32). The number of aromatic nitrogens is 3. The third-order valence-electron chi connectivity index (χ3n) is 5.77. The smallest absolute Gasteiger partial charge is 0.406 e. The summed E-state index contributed by atoms with van der Waals surface area (Å²) in [6, 6.07) is 10.8. The number of benzene rings is 2. The van der Waals surface area contributed by atoms with E-state index in [4.69, 9.17) is 10.5 Å². The number of hydrogen-bond acceptors (Lipinski definition) is 8. The first-order valence-electron chi connectivity index (χ1n) is 11.2. The van der Waals surface area contributed by atoms with Crippen molar-refractivity contribution in [3.8, 4) is 5.75 Å². The maximum atomic E-state index is 12.3. The molecule has 0 atom stereocenters. The second-order valence-electron chi connectivity index (χ2n) is 8.27. The van der Waals surface area contributed by atoms with Crippen LogP contribution >= 0.6 is 0 Å². The van der Waals surface area contributed by atoms with Crippen LogP contribution in [0.2, 0.25) is 0 Å². The van der Waals surface area contributed by atoms with Crippen molar-refractivity contribution in [1.82, 2.24) is 15.0 Å². The van der Waals surface area contributed by atoms with E-state index >= 15 is 0 Å². The molecule has 1 aliphatic heterocycles. The number of ether oxygens (including phenoxy) is 2. The Balaban J connectivity index is 1.29. The van der Waals surface area contributed by atoms with Crippen LogP contribution in [0.3, 0.4) is 0 Å². The number of carbonyl (C=O) groups is 1. The van der Waals surface area contributed by atoms with Crippen LogP contribution < -0.4 is 20.7 Å². The molecule has 2 aromatic carbocycles. The van der Waals surface area contributed by atoms with Gasteiger partial charge in [0, 0.05) is 24.3 Å². The minimum atomic E-state index is -4.71. The van der Waals surface area contributed by atoms with Crippen molar-refractivity contribution in [2.45, 2.75) is 38.8 Å². The summed E-state index contributed by atoms with van der Waals surface area (Å²) in [4.78, 5) is 26.6. The lowest BCUT2D eigenvalue weighted by Crippen LogP contribution is -2.38. The fourth-order valence-corrected chi connectivity index (χ4v) is 3.88. The van der Waals surface area contributed by atoms with Gasteiger partial charge < -0.3 is 25.4 Å². The molecule has 36 heavy (non-hydrogen) atoms. The molecule has 190 valence electrons. The summed E-state index contributed by atoms with van der Waals surface area (Å²) in [6.45, 7) is 3.42. The summed E-state index contributed by atoms with van der Waals surface area (Å²) in [5.41, 5.74) is 7.98. The van der Waals surface area contributed by atoms with Crippen molar-refractivity contribution in [3.05, 3.63) is 65.5 Å². The number of carbonyl (C=O) groups excluding carboxylic acids is 1. The van der Waals surface area contributed by atoms with E-state index in [1.807, 2.05) is 11.0 Å². The number of rotatable bonds is 8. The summed E-state index contributed by atoms with van der Waals surface area (Å²) < 4.78 is 46.7. The SMILES string of the molecule is Cc1c(Nc2ncnc(N3CCC(OCc4ccc(OC(F)(F)F)cc4)CC3)n2)cccc1C(N)=O. The lowest BCUT2D eigenvalue weighted by Gasteiger charge is -2.32. The molecule has 0 aliphatic carbocycles. The number of nitrogens with two attached hydrogens (primary N) is 1. The highest BCUT2D eigenvalue weighted by atomic mass is 19.4. The number of anilines is 3. The molecule has 0 saturated carbocycles. The van der Waals surface area contributed by atoms with Crippen LogP contribution in [0, 0.1) is 6.92 Å². The second-order valence-corrected chi connectivity index (χ2v) is 8.27. The van der Waals surface area contributed by atoms with E-state index in [0.717, 1.165) is 18.4 Å². The van der Waals surface area contributed by atoms with Crippen molar-refractivity contribution in [2.75, 3.05) is 23.3 Å². The predicted octanol–water partition coefficient (Wildman–Crippen LogP) is 4.11. The Hall–Kier alpha value is -3.93. The summed E-state index contributed by atoms with van der Waals surface area (Å²) >= 11 is 0. The first-order chi connectivity index (χ1) is 17.2. The molecule has 2 heterocycles. The lowest BCUT2D eigenvalue weighted by atomic mass is 10.1. The zero-order chi connectivity index (χ0) is 25.7. The second kappa shape index (κ2) is 10.8. The number of primary amides is 1. The van der Waals surface area contributed by atoms with Crippen molar-refractivity contribution in [1.29, 1.82) is 0 Å². The first kappa shape index (κ1) is 25.2. The van der Waals surface area contributed by atoms with E-state index in [-0.39, 0.29) is 11.9 Å². The molecule has 12 heteroatoms. The summed E-state index contributed by atoms with van der Waals surface area (Å²) in [6.07, 6.45) is -1.80. The van der Waals surface area contributed by atoms with Gasteiger partial charge in [-0.15, -0.1) is 13.2 Å². The molecule has 4 rings (SSSR count). The third kappa shape index (κ3) is 6.60. The maximum Gasteiger partial charge on any atom is 0.573 e. The van der Waals surface area contributed by atoms with Crippen LogP contribution in [-0.4, -0.2) is 46.4 Å². The van der Waals surface area contributed by atoms with Crippen LogP contribution in [0.4, 0.5) is 30.8 Å². The first-order valence-corrected chi connectivity index (χ1v) is 11.2. The number of amides is 1. The molecule has 3 aromatic rings. The summed E-state index contributed by atoms with van der Waals surface area (Å²) in [5.74, 6) is 0.0996. The fourth-order valence-electron chi connectivity index (χ4n) is 3.88. The molecule has 3 N–H and O–H groups in total. The van der Waals surface area contributed by atoms with E-state index in [1.165, 1.54) is 18.5 Å². The Bertz CT molecular complexity index is 1200. The molecule has 1 aromatic heterocycles. The number of hydrogen-bond donors (Lipinski definition) is 2. The zero-order valence-corrected chi connectivity index (χ0v) is 19.5. The van der Waals surface area contributed by atoms with Crippen LogP contribution in [-0.2, 0) is 11.3 Å². The molecule has 0 radical (unpaired) electrons. The molecule has 1 aliphatic rings. The highest BCUT2D eigenvalue weighted by Gasteiger charge is 2.31.